The summed E-state index contributed by atoms with van der Waals surface area (Å²) >= 11 is 3.21. The number of nitrogens with two attached hydrogens (primary N) is 1. The Morgan fingerprint density at radius 3 is 2.92 bits per heavy atom. The monoisotopic (exact) mass is 230 g/mol. The van der Waals surface area contributed by atoms with Crippen molar-refractivity contribution in [2.75, 3.05) is 0 Å². The van der Waals surface area contributed by atoms with E-state index in [-0.39, 0.29) is 0 Å². The molecule has 0 fully saturated rings. The Kier molecular flexibility index (Phi) is 2.65. The van der Waals surface area contributed by atoms with Crippen molar-refractivity contribution in [1.82, 2.24) is 4.98 Å². The Labute approximate surface area is 77.9 Å². The normalized spacial score (nSPS) is 9.50. The molecule has 0 bridgehead atoms. The van der Waals surface area contributed by atoms with E-state index in [0.29, 0.717) is 5.75 Å². The second-order valence-electron chi connectivity index (χ2n) is 2.20. The number of aryl methyl sites for hydroxylation is 1. The third kappa shape index (κ3) is 2.20. The average Bonchev–Trinajstić information content (AvgIpc) is 1.96. The SMILES string of the molecule is Cc1cc(OC(N)=O)cnc1Br. The van der Waals surface area contributed by atoms with Gasteiger partial charge in [0.25, 0.3) is 0 Å². The highest BCUT2D eigenvalue weighted by molar-refractivity contribution is 9.10. The lowest BCUT2D eigenvalue weighted by atomic mass is 10.3. The summed E-state index contributed by atoms with van der Waals surface area (Å²) < 4.78 is 5.33. The summed E-state index contributed by atoms with van der Waals surface area (Å²) in [6, 6.07) is 1.67. The van der Waals surface area contributed by atoms with Gasteiger partial charge >= 0.3 is 6.09 Å². The Bertz CT molecular complexity index is 314. The first-order chi connectivity index (χ1) is 5.59. The number of amides is 1. The summed E-state index contributed by atoms with van der Waals surface area (Å²) in [5.41, 5.74) is 5.70. The highest BCUT2D eigenvalue weighted by atomic mass is 79.9. The fraction of sp³-hybridized carbons (Fsp3) is 0.143. The van der Waals surface area contributed by atoms with Crippen molar-refractivity contribution in [1.29, 1.82) is 0 Å². The van der Waals surface area contributed by atoms with Crippen LogP contribution in [-0.4, -0.2) is 11.1 Å². The highest BCUT2D eigenvalue weighted by Crippen LogP contribution is 2.18. The van der Waals surface area contributed by atoms with Crippen molar-refractivity contribution in [3.63, 3.8) is 0 Å². The van der Waals surface area contributed by atoms with Crippen molar-refractivity contribution in [3.05, 3.63) is 22.4 Å². The van der Waals surface area contributed by atoms with Gasteiger partial charge in [-0.25, -0.2) is 9.78 Å². The van der Waals surface area contributed by atoms with E-state index < -0.39 is 6.09 Å². The lowest BCUT2D eigenvalue weighted by Gasteiger charge is -2.01. The Morgan fingerprint density at radius 1 is 1.75 bits per heavy atom. The molecule has 0 radical (unpaired) electrons. The standard InChI is InChI=1S/C7H7BrN2O2/c1-4-2-5(12-7(9)11)3-10-6(4)8/h2-3H,1H3,(H2,9,11). The molecule has 0 spiro atoms. The maximum atomic E-state index is 10.3. The number of hydrogen-bond acceptors (Lipinski definition) is 3. The number of carbonyl (C=O) groups is 1. The molecule has 0 atom stereocenters. The first kappa shape index (κ1) is 8.99. The minimum atomic E-state index is -0.835. The van der Waals surface area contributed by atoms with Gasteiger partial charge in [0.05, 0.1) is 6.20 Å². The maximum absolute atomic E-state index is 10.3. The number of carbonyl (C=O) groups excluding carboxylic acids is 1. The van der Waals surface area contributed by atoms with Crippen LogP contribution in [0, 0.1) is 6.92 Å². The third-order valence-electron chi connectivity index (χ3n) is 1.21. The van der Waals surface area contributed by atoms with E-state index in [1.807, 2.05) is 6.92 Å². The van der Waals surface area contributed by atoms with Crippen LogP contribution in [0.15, 0.2) is 16.9 Å². The van der Waals surface area contributed by atoms with Crippen molar-refractivity contribution >= 4 is 22.0 Å². The number of nitrogens with zero attached hydrogens (tertiary/aromatic N) is 1. The molecule has 1 aromatic rings. The van der Waals surface area contributed by atoms with Crippen LogP contribution in [0.4, 0.5) is 4.79 Å². The number of pyridine rings is 1. The van der Waals surface area contributed by atoms with E-state index in [1.165, 1.54) is 6.20 Å². The minimum Gasteiger partial charge on any atom is -0.409 e. The van der Waals surface area contributed by atoms with Gasteiger partial charge in [0.1, 0.15) is 4.60 Å². The zero-order valence-electron chi connectivity index (χ0n) is 6.37. The second kappa shape index (κ2) is 3.53. The van der Waals surface area contributed by atoms with Gasteiger partial charge in [0, 0.05) is 0 Å². The van der Waals surface area contributed by atoms with Crippen LogP contribution in [0.5, 0.6) is 5.75 Å². The summed E-state index contributed by atoms with van der Waals surface area (Å²) in [6.07, 6.45) is 0.584. The van der Waals surface area contributed by atoms with Gasteiger partial charge in [-0.1, -0.05) is 0 Å². The zero-order chi connectivity index (χ0) is 9.14. The molecule has 12 heavy (non-hydrogen) atoms. The molecular formula is C7H7BrN2O2. The van der Waals surface area contributed by atoms with Gasteiger partial charge in [-0.15, -0.1) is 0 Å². The van der Waals surface area contributed by atoms with Gasteiger partial charge in [-0.2, -0.15) is 0 Å². The lowest BCUT2D eigenvalue weighted by molar-refractivity contribution is 0.210. The molecule has 64 valence electrons. The Hall–Kier alpha value is -1.10. The average molecular weight is 231 g/mol. The van der Waals surface area contributed by atoms with E-state index in [9.17, 15) is 4.79 Å². The molecule has 0 aliphatic heterocycles. The Morgan fingerprint density at radius 2 is 2.42 bits per heavy atom. The maximum Gasteiger partial charge on any atom is 0.410 e. The molecule has 0 aromatic carbocycles. The number of halogens is 1. The fourth-order valence-corrected chi connectivity index (χ4v) is 0.921. The fourth-order valence-electron chi connectivity index (χ4n) is 0.704. The summed E-state index contributed by atoms with van der Waals surface area (Å²) in [7, 11) is 0. The van der Waals surface area contributed by atoms with Crippen LogP contribution in [0.2, 0.25) is 0 Å². The number of primary amides is 1. The lowest BCUT2D eigenvalue weighted by Crippen LogP contribution is -2.16. The van der Waals surface area contributed by atoms with E-state index in [2.05, 4.69) is 25.7 Å². The van der Waals surface area contributed by atoms with Crippen molar-refractivity contribution < 1.29 is 9.53 Å². The summed E-state index contributed by atoms with van der Waals surface area (Å²) in [5, 5.41) is 0. The first-order valence-electron chi connectivity index (χ1n) is 3.19. The number of aromatic nitrogens is 1. The largest absolute Gasteiger partial charge is 0.410 e. The van der Waals surface area contributed by atoms with Crippen LogP contribution in [0.25, 0.3) is 0 Å². The summed E-state index contributed by atoms with van der Waals surface area (Å²) in [5.74, 6) is 0.350. The quantitative estimate of drug-likeness (QED) is 0.746. The molecule has 0 saturated heterocycles. The van der Waals surface area contributed by atoms with Gasteiger partial charge in [-0.05, 0) is 34.5 Å². The summed E-state index contributed by atoms with van der Waals surface area (Å²) in [4.78, 5) is 14.2. The van der Waals surface area contributed by atoms with Crippen molar-refractivity contribution in [2.45, 2.75) is 6.92 Å². The molecule has 2 N–H and O–H groups in total. The molecule has 0 saturated carbocycles. The minimum absolute atomic E-state index is 0.350. The second-order valence-corrected chi connectivity index (χ2v) is 2.95. The van der Waals surface area contributed by atoms with Crippen LogP contribution in [-0.2, 0) is 0 Å². The molecule has 4 nitrogen and oxygen atoms in total. The Balaban J connectivity index is 2.89. The predicted octanol–water partition coefficient (Wildman–Crippen LogP) is 1.61. The smallest absolute Gasteiger partial charge is 0.409 e. The zero-order valence-corrected chi connectivity index (χ0v) is 7.96. The molecule has 1 aromatic heterocycles. The molecule has 0 unspecified atom stereocenters. The molecular weight excluding hydrogens is 224 g/mol. The predicted molar refractivity (Wildman–Crippen MR) is 46.9 cm³/mol. The molecule has 5 heteroatoms. The van der Waals surface area contributed by atoms with E-state index in [4.69, 9.17) is 5.73 Å². The van der Waals surface area contributed by atoms with Gasteiger partial charge in [0.15, 0.2) is 5.75 Å². The van der Waals surface area contributed by atoms with Gasteiger partial charge in [-0.3, -0.25) is 0 Å². The molecule has 1 amide bonds. The molecule has 0 aliphatic carbocycles. The van der Waals surface area contributed by atoms with Crippen LogP contribution < -0.4 is 10.5 Å². The third-order valence-corrected chi connectivity index (χ3v) is 2.04. The van der Waals surface area contributed by atoms with Crippen LogP contribution >= 0.6 is 15.9 Å². The van der Waals surface area contributed by atoms with E-state index in [0.717, 1.165) is 10.2 Å². The van der Waals surface area contributed by atoms with Crippen LogP contribution in [0.1, 0.15) is 5.56 Å². The molecule has 1 heterocycles. The number of ether oxygens (including phenoxy) is 1. The molecule has 0 aliphatic rings. The van der Waals surface area contributed by atoms with Crippen molar-refractivity contribution in [3.8, 4) is 5.75 Å². The number of rotatable bonds is 1. The van der Waals surface area contributed by atoms with Crippen molar-refractivity contribution in [2.24, 2.45) is 5.73 Å². The number of hydrogen-bond donors (Lipinski definition) is 1. The van der Waals surface area contributed by atoms with Gasteiger partial charge < -0.3 is 10.5 Å². The van der Waals surface area contributed by atoms with Gasteiger partial charge in [0.2, 0.25) is 0 Å². The highest BCUT2D eigenvalue weighted by Gasteiger charge is 2.01. The topological polar surface area (TPSA) is 65.2 Å². The van der Waals surface area contributed by atoms with E-state index in [1.54, 1.807) is 6.07 Å². The molecule has 1 rings (SSSR count). The van der Waals surface area contributed by atoms with E-state index >= 15 is 0 Å². The summed E-state index contributed by atoms with van der Waals surface area (Å²) in [6.45, 7) is 1.84. The van der Waals surface area contributed by atoms with Crippen LogP contribution in [0.3, 0.4) is 0 Å². The first-order valence-corrected chi connectivity index (χ1v) is 3.98.